The molecule has 0 bridgehead atoms. The number of hydrogen-bond donors (Lipinski definition) is 1. The summed E-state index contributed by atoms with van der Waals surface area (Å²) in [6, 6.07) is 9.51. The van der Waals surface area contributed by atoms with E-state index in [9.17, 15) is 4.39 Å². The van der Waals surface area contributed by atoms with Gasteiger partial charge in [0, 0.05) is 53.5 Å². The second kappa shape index (κ2) is 9.66. The smallest absolute Gasteiger partial charge is 0.250 e. The van der Waals surface area contributed by atoms with E-state index in [1.165, 1.54) is 18.7 Å². The summed E-state index contributed by atoms with van der Waals surface area (Å²) >= 11 is 0. The predicted molar refractivity (Wildman–Crippen MR) is 150 cm³/mol. The van der Waals surface area contributed by atoms with Crippen molar-refractivity contribution in [3.63, 3.8) is 0 Å². The Morgan fingerprint density at radius 3 is 2.56 bits per heavy atom. The summed E-state index contributed by atoms with van der Waals surface area (Å²) in [6.45, 7) is 5.88. The third-order valence-electron chi connectivity index (χ3n) is 7.94. The molecule has 1 saturated heterocycles. The first-order chi connectivity index (χ1) is 18.9. The number of allylic oxidation sites excluding steroid dienone is 1. The van der Waals surface area contributed by atoms with E-state index in [0.29, 0.717) is 11.3 Å². The molecule has 4 heterocycles. The van der Waals surface area contributed by atoms with Gasteiger partial charge in [0.2, 0.25) is 5.88 Å². The number of benzene rings is 1. The number of H-pyrrole nitrogens is 1. The van der Waals surface area contributed by atoms with Gasteiger partial charge in [0.25, 0.3) is 0 Å². The first-order valence-corrected chi connectivity index (χ1v) is 13.0. The summed E-state index contributed by atoms with van der Waals surface area (Å²) in [6.07, 6.45) is 13.6. The average Bonchev–Trinajstić information content (AvgIpc) is 3.58. The van der Waals surface area contributed by atoms with Gasteiger partial charge in [-0.25, -0.2) is 24.3 Å². The molecule has 1 N–H and O–H groups in total. The number of methoxy groups -OCH3 is 1. The number of aromatic nitrogens is 5. The molecule has 196 valence electrons. The van der Waals surface area contributed by atoms with Gasteiger partial charge in [0.05, 0.1) is 18.5 Å². The van der Waals surface area contributed by atoms with Crippen LogP contribution in [0.4, 0.5) is 10.2 Å². The lowest BCUT2D eigenvalue weighted by Crippen LogP contribution is -2.42. The number of nitrogens with zero attached hydrogens (tertiary/aromatic N) is 5. The number of ether oxygens (including phenoxy) is 1. The van der Waals surface area contributed by atoms with Gasteiger partial charge in [-0.15, -0.1) is 6.42 Å². The number of aryl methyl sites for hydroxylation is 1. The summed E-state index contributed by atoms with van der Waals surface area (Å²) in [4.78, 5) is 24.1. The summed E-state index contributed by atoms with van der Waals surface area (Å²) in [5.41, 5.74) is 7.48. The van der Waals surface area contributed by atoms with Gasteiger partial charge in [0.1, 0.15) is 18.0 Å². The van der Waals surface area contributed by atoms with E-state index in [1.807, 2.05) is 19.1 Å². The fraction of sp³-hybridized carbons (Fsp3) is 0.290. The van der Waals surface area contributed by atoms with E-state index >= 15 is 0 Å². The highest BCUT2D eigenvalue weighted by Gasteiger charge is 2.36. The molecule has 0 spiro atoms. The maximum Gasteiger partial charge on any atom is 0.250 e. The Morgan fingerprint density at radius 1 is 1.10 bits per heavy atom. The van der Waals surface area contributed by atoms with Crippen molar-refractivity contribution in [1.29, 1.82) is 0 Å². The highest BCUT2D eigenvalue weighted by Crippen LogP contribution is 2.40. The van der Waals surface area contributed by atoms with Crippen molar-refractivity contribution in [1.82, 2.24) is 24.9 Å². The second-order valence-electron chi connectivity index (χ2n) is 10.4. The number of piperidine rings is 1. The summed E-state index contributed by atoms with van der Waals surface area (Å²) < 4.78 is 19.3. The molecule has 2 aliphatic rings. The molecule has 1 aliphatic carbocycles. The van der Waals surface area contributed by atoms with E-state index in [1.54, 1.807) is 12.5 Å². The quantitative estimate of drug-likeness (QED) is 0.357. The minimum Gasteiger partial charge on any atom is -0.479 e. The van der Waals surface area contributed by atoms with Crippen LogP contribution < -0.4 is 9.64 Å². The topological polar surface area (TPSA) is 79.8 Å². The molecule has 8 heteroatoms. The molecule has 1 fully saturated rings. The van der Waals surface area contributed by atoms with E-state index < -0.39 is 5.82 Å². The molecule has 6 rings (SSSR count). The maximum absolute atomic E-state index is 14.3. The molecule has 4 aromatic rings. The minimum atomic E-state index is -0.502. The fourth-order valence-corrected chi connectivity index (χ4v) is 5.51. The first-order valence-electron chi connectivity index (χ1n) is 13.0. The maximum atomic E-state index is 14.3. The Kier molecular flexibility index (Phi) is 6.15. The van der Waals surface area contributed by atoms with Crippen molar-refractivity contribution in [3.8, 4) is 29.5 Å². The van der Waals surface area contributed by atoms with Crippen LogP contribution >= 0.6 is 0 Å². The van der Waals surface area contributed by atoms with Gasteiger partial charge >= 0.3 is 0 Å². The largest absolute Gasteiger partial charge is 0.479 e. The highest BCUT2D eigenvalue weighted by molar-refractivity contribution is 5.91. The Balaban J connectivity index is 1.21. The fourth-order valence-electron chi connectivity index (χ4n) is 5.51. The summed E-state index contributed by atoms with van der Waals surface area (Å²) in [5, 5.41) is 0. The summed E-state index contributed by atoms with van der Waals surface area (Å²) in [7, 11) is 1.40. The number of fused-ring (bicyclic) bond motifs is 1. The summed E-state index contributed by atoms with van der Waals surface area (Å²) in [5.74, 6) is 4.04. The van der Waals surface area contributed by atoms with E-state index in [4.69, 9.17) is 21.1 Å². The van der Waals surface area contributed by atoms with Crippen molar-refractivity contribution in [2.24, 2.45) is 0 Å². The number of terminal acetylenes is 1. The number of pyridine rings is 1. The van der Waals surface area contributed by atoms with E-state index in [2.05, 4.69) is 50.9 Å². The Morgan fingerprint density at radius 2 is 1.87 bits per heavy atom. The van der Waals surface area contributed by atoms with Crippen LogP contribution in [0.5, 0.6) is 5.88 Å². The van der Waals surface area contributed by atoms with Crippen LogP contribution in [0.1, 0.15) is 53.7 Å². The van der Waals surface area contributed by atoms with Crippen LogP contribution in [0, 0.1) is 25.1 Å². The molecule has 0 unspecified atom stereocenters. The van der Waals surface area contributed by atoms with Gasteiger partial charge in [-0.05, 0) is 55.2 Å². The van der Waals surface area contributed by atoms with Crippen molar-refractivity contribution in [2.75, 3.05) is 25.1 Å². The van der Waals surface area contributed by atoms with Crippen LogP contribution in [0.3, 0.4) is 0 Å². The Bertz CT molecular complexity index is 1620. The normalized spacial score (nSPS) is 16.0. The van der Waals surface area contributed by atoms with E-state index in [0.717, 1.165) is 72.1 Å². The lowest BCUT2D eigenvalue weighted by molar-refractivity contribution is 0.345. The number of hydrogen-bond acceptors (Lipinski definition) is 6. The number of anilines is 1. The van der Waals surface area contributed by atoms with Crippen molar-refractivity contribution in [2.45, 2.75) is 38.5 Å². The van der Waals surface area contributed by atoms with Gasteiger partial charge in [-0.2, -0.15) is 0 Å². The molecule has 0 radical (unpaired) electrons. The monoisotopic (exact) mass is 520 g/mol. The molecule has 3 aromatic heterocycles. The van der Waals surface area contributed by atoms with Gasteiger partial charge in [-0.3, -0.25) is 0 Å². The molecule has 39 heavy (non-hydrogen) atoms. The van der Waals surface area contributed by atoms with Crippen LogP contribution in [0.25, 0.3) is 22.9 Å². The molecule has 0 saturated carbocycles. The molecule has 0 amide bonds. The minimum absolute atomic E-state index is 0.0218. The average molecular weight is 521 g/mol. The third kappa shape index (κ3) is 4.44. The third-order valence-corrected chi connectivity index (χ3v) is 7.94. The zero-order valence-electron chi connectivity index (χ0n) is 22.3. The standard InChI is InChI=1S/C31H29FN6O/c1-5-20-6-8-21(9-7-20)22-14-24-26(16-22)34-18-35-28(24)38-12-10-31(3,11-13-38)30-36-19(2)27(37-30)23-15-25(32)29(39-4)33-17-23/h1,6-9,14-15,17-18H,10-13,16H2,2-4H3,(H,36,37). The van der Waals surface area contributed by atoms with Crippen molar-refractivity contribution >= 4 is 17.5 Å². The molecule has 0 atom stereocenters. The van der Waals surface area contributed by atoms with Gasteiger partial charge in [-0.1, -0.05) is 25.0 Å². The number of halogens is 1. The first kappa shape index (κ1) is 24.8. The number of imidazole rings is 1. The molecule has 1 aliphatic heterocycles. The van der Waals surface area contributed by atoms with Crippen LogP contribution in [-0.2, 0) is 11.8 Å². The van der Waals surface area contributed by atoms with Gasteiger partial charge < -0.3 is 14.6 Å². The lowest BCUT2D eigenvalue weighted by Gasteiger charge is -2.39. The van der Waals surface area contributed by atoms with Crippen LogP contribution in [0.2, 0.25) is 0 Å². The Labute approximate surface area is 227 Å². The van der Waals surface area contributed by atoms with Crippen LogP contribution in [-0.4, -0.2) is 45.1 Å². The highest BCUT2D eigenvalue weighted by atomic mass is 19.1. The molecule has 1 aromatic carbocycles. The molecular formula is C31H29FN6O. The van der Waals surface area contributed by atoms with Crippen molar-refractivity contribution < 1.29 is 9.13 Å². The lowest BCUT2D eigenvalue weighted by atomic mass is 9.79. The SMILES string of the molecule is C#Cc1ccc(C2=Cc3c(ncnc3N3CCC(C)(c4nc(-c5cnc(OC)c(F)c5)c(C)[nH]4)CC3)C2)cc1. The predicted octanol–water partition coefficient (Wildman–Crippen LogP) is 5.35. The Hall–Kier alpha value is -4.51. The van der Waals surface area contributed by atoms with Crippen LogP contribution in [0.15, 0.2) is 42.9 Å². The molecular weight excluding hydrogens is 491 g/mol. The number of aromatic amines is 1. The zero-order chi connectivity index (χ0) is 27.1. The van der Waals surface area contributed by atoms with Gasteiger partial charge in [0.15, 0.2) is 5.82 Å². The second-order valence-corrected chi connectivity index (χ2v) is 10.4. The number of rotatable bonds is 5. The zero-order valence-corrected chi connectivity index (χ0v) is 22.3. The number of nitrogens with one attached hydrogen (secondary N) is 1. The molecule has 7 nitrogen and oxygen atoms in total. The van der Waals surface area contributed by atoms with E-state index in [-0.39, 0.29) is 11.3 Å². The van der Waals surface area contributed by atoms with Crippen molar-refractivity contribution in [3.05, 3.63) is 82.6 Å².